The van der Waals surface area contributed by atoms with E-state index < -0.39 is 0 Å². The summed E-state index contributed by atoms with van der Waals surface area (Å²) in [5.74, 6) is 2.34. The maximum Gasteiger partial charge on any atom is 0.251 e. The van der Waals surface area contributed by atoms with Crippen molar-refractivity contribution in [2.45, 2.75) is 32.3 Å². The van der Waals surface area contributed by atoms with Crippen LogP contribution in [0.1, 0.15) is 36.1 Å². The number of fused-ring (bicyclic) bond motifs is 1. The van der Waals surface area contributed by atoms with Gasteiger partial charge in [0.15, 0.2) is 11.5 Å². The van der Waals surface area contributed by atoms with Gasteiger partial charge in [-0.2, -0.15) is 5.10 Å². The van der Waals surface area contributed by atoms with Crippen molar-refractivity contribution < 1.29 is 4.74 Å². The largest absolute Gasteiger partial charge is 0.377 e. The maximum absolute atomic E-state index is 11.8. The molecule has 1 fully saturated rings. The Balaban J connectivity index is 1.71. The van der Waals surface area contributed by atoms with Crippen LogP contribution in [0.25, 0.3) is 11.0 Å². The minimum Gasteiger partial charge on any atom is -0.377 e. The van der Waals surface area contributed by atoms with Crippen LogP contribution in [0.3, 0.4) is 0 Å². The van der Waals surface area contributed by atoms with Gasteiger partial charge in [-0.25, -0.2) is 15.0 Å². The first kappa shape index (κ1) is 17.6. The average Bonchev–Trinajstić information content (AvgIpc) is 3.02. The molecule has 27 heavy (non-hydrogen) atoms. The first-order chi connectivity index (χ1) is 13.0. The lowest BCUT2D eigenvalue weighted by Gasteiger charge is -2.33. The average molecular weight is 369 g/mol. The van der Waals surface area contributed by atoms with Gasteiger partial charge in [-0.15, -0.1) is 0 Å². The van der Waals surface area contributed by atoms with Crippen LogP contribution in [-0.2, 0) is 18.4 Å². The number of rotatable bonds is 4. The zero-order valence-electron chi connectivity index (χ0n) is 15.8. The SMILES string of the molecule is COCc1nc(N2CCCC(c3cc(=O)[nH]c(C)n3)C2)c2cnn(C)c2n1. The summed E-state index contributed by atoms with van der Waals surface area (Å²) in [6.07, 6.45) is 3.81. The molecule has 1 unspecified atom stereocenters. The molecule has 3 aromatic rings. The zero-order valence-corrected chi connectivity index (χ0v) is 15.8. The lowest BCUT2D eigenvalue weighted by atomic mass is 9.94. The van der Waals surface area contributed by atoms with E-state index >= 15 is 0 Å². The molecule has 1 N–H and O–H groups in total. The predicted molar refractivity (Wildman–Crippen MR) is 101 cm³/mol. The van der Waals surface area contributed by atoms with Crippen molar-refractivity contribution in [3.8, 4) is 0 Å². The number of ether oxygens (including phenoxy) is 1. The number of H-pyrrole nitrogens is 1. The second-order valence-corrected chi connectivity index (χ2v) is 6.94. The number of aromatic amines is 1. The Morgan fingerprint density at radius 1 is 1.33 bits per heavy atom. The third kappa shape index (κ3) is 3.42. The Bertz CT molecular complexity index is 1030. The van der Waals surface area contributed by atoms with Crippen molar-refractivity contribution in [2.24, 2.45) is 7.05 Å². The lowest BCUT2D eigenvalue weighted by molar-refractivity contribution is 0.178. The summed E-state index contributed by atoms with van der Waals surface area (Å²) < 4.78 is 6.98. The first-order valence-electron chi connectivity index (χ1n) is 9.05. The molecule has 1 aliphatic rings. The van der Waals surface area contributed by atoms with E-state index in [4.69, 9.17) is 9.72 Å². The standard InChI is InChI=1S/C18H23N7O2/c1-11-20-14(7-16(26)21-11)12-5-4-6-25(9-12)18-13-8-19-24(2)17(13)22-15(23-18)10-27-3/h7-8,12H,4-6,9-10H2,1-3H3,(H,20,21,26). The lowest BCUT2D eigenvalue weighted by Crippen LogP contribution is -2.36. The number of aryl methyl sites for hydroxylation is 2. The van der Waals surface area contributed by atoms with Crippen LogP contribution in [0.5, 0.6) is 0 Å². The fourth-order valence-corrected chi connectivity index (χ4v) is 3.71. The molecular weight excluding hydrogens is 346 g/mol. The number of aromatic nitrogens is 6. The van der Waals surface area contributed by atoms with Crippen LogP contribution in [0.15, 0.2) is 17.1 Å². The molecule has 0 radical (unpaired) electrons. The minimum absolute atomic E-state index is 0.103. The van der Waals surface area contributed by atoms with Crippen LogP contribution in [-0.4, -0.2) is 49.9 Å². The number of anilines is 1. The number of nitrogens with one attached hydrogen (secondary N) is 1. The van der Waals surface area contributed by atoms with Gasteiger partial charge in [0.05, 0.1) is 17.3 Å². The third-order valence-electron chi connectivity index (χ3n) is 4.91. The number of nitrogens with zero attached hydrogens (tertiary/aromatic N) is 6. The van der Waals surface area contributed by atoms with E-state index in [1.165, 1.54) is 0 Å². The molecule has 0 bridgehead atoms. The Morgan fingerprint density at radius 3 is 2.96 bits per heavy atom. The topological polar surface area (TPSA) is 102 Å². The highest BCUT2D eigenvalue weighted by Gasteiger charge is 2.26. The summed E-state index contributed by atoms with van der Waals surface area (Å²) in [6, 6.07) is 1.61. The molecule has 0 amide bonds. The van der Waals surface area contributed by atoms with Gasteiger partial charge in [-0.05, 0) is 19.8 Å². The maximum atomic E-state index is 11.8. The van der Waals surface area contributed by atoms with E-state index in [1.807, 2.05) is 14.0 Å². The van der Waals surface area contributed by atoms with Crippen LogP contribution < -0.4 is 10.5 Å². The summed E-state index contributed by atoms with van der Waals surface area (Å²) in [6.45, 7) is 3.81. The second-order valence-electron chi connectivity index (χ2n) is 6.94. The minimum atomic E-state index is -0.103. The molecule has 1 aliphatic heterocycles. The Hall–Kier alpha value is -2.81. The summed E-state index contributed by atoms with van der Waals surface area (Å²) in [5, 5.41) is 5.27. The summed E-state index contributed by atoms with van der Waals surface area (Å²) in [4.78, 5) is 30.7. The molecule has 9 nitrogen and oxygen atoms in total. The molecule has 1 atom stereocenters. The molecule has 4 heterocycles. The number of piperidine rings is 1. The van der Waals surface area contributed by atoms with Gasteiger partial charge in [-0.1, -0.05) is 0 Å². The van der Waals surface area contributed by atoms with Gasteiger partial charge in [0, 0.05) is 39.2 Å². The molecular formula is C18H23N7O2. The Morgan fingerprint density at radius 2 is 2.19 bits per heavy atom. The monoisotopic (exact) mass is 369 g/mol. The molecule has 0 aliphatic carbocycles. The van der Waals surface area contributed by atoms with Gasteiger partial charge < -0.3 is 14.6 Å². The molecule has 4 rings (SSSR count). The van der Waals surface area contributed by atoms with E-state index in [0.717, 1.165) is 48.5 Å². The van der Waals surface area contributed by atoms with Gasteiger partial charge >= 0.3 is 0 Å². The highest BCUT2D eigenvalue weighted by Crippen LogP contribution is 2.31. The van der Waals surface area contributed by atoms with Crippen molar-refractivity contribution >= 4 is 16.9 Å². The van der Waals surface area contributed by atoms with Crippen LogP contribution >= 0.6 is 0 Å². The van der Waals surface area contributed by atoms with Gasteiger partial charge in [0.2, 0.25) is 0 Å². The summed E-state index contributed by atoms with van der Waals surface area (Å²) in [5.41, 5.74) is 1.53. The molecule has 9 heteroatoms. The van der Waals surface area contributed by atoms with E-state index in [0.29, 0.717) is 18.3 Å². The van der Waals surface area contributed by atoms with Gasteiger partial charge in [-0.3, -0.25) is 9.48 Å². The Labute approximate surface area is 156 Å². The van der Waals surface area contributed by atoms with Crippen molar-refractivity contribution in [3.63, 3.8) is 0 Å². The smallest absolute Gasteiger partial charge is 0.251 e. The second kappa shape index (κ2) is 7.07. The van der Waals surface area contributed by atoms with E-state index in [1.54, 1.807) is 24.1 Å². The van der Waals surface area contributed by atoms with Crippen molar-refractivity contribution in [1.29, 1.82) is 0 Å². The molecule has 0 saturated carbocycles. The van der Waals surface area contributed by atoms with E-state index in [-0.39, 0.29) is 11.5 Å². The van der Waals surface area contributed by atoms with Crippen molar-refractivity contribution in [1.82, 2.24) is 29.7 Å². The number of methoxy groups -OCH3 is 1. The first-order valence-corrected chi connectivity index (χ1v) is 9.05. The Kier molecular flexibility index (Phi) is 4.61. The van der Waals surface area contributed by atoms with Crippen molar-refractivity contribution in [3.05, 3.63) is 40.0 Å². The molecule has 3 aromatic heterocycles. The fourth-order valence-electron chi connectivity index (χ4n) is 3.71. The number of hydrogen-bond acceptors (Lipinski definition) is 7. The highest BCUT2D eigenvalue weighted by atomic mass is 16.5. The predicted octanol–water partition coefficient (Wildman–Crippen LogP) is 1.29. The van der Waals surface area contributed by atoms with Crippen LogP contribution in [0.4, 0.5) is 5.82 Å². The van der Waals surface area contributed by atoms with E-state index in [2.05, 4.69) is 25.0 Å². The molecule has 0 spiro atoms. The van der Waals surface area contributed by atoms with E-state index in [9.17, 15) is 4.79 Å². The molecule has 0 aromatic carbocycles. The van der Waals surface area contributed by atoms with Gasteiger partial charge in [0.1, 0.15) is 18.2 Å². The number of hydrogen-bond donors (Lipinski definition) is 1. The van der Waals surface area contributed by atoms with Crippen LogP contribution in [0, 0.1) is 6.92 Å². The van der Waals surface area contributed by atoms with Gasteiger partial charge in [0.25, 0.3) is 5.56 Å². The zero-order chi connectivity index (χ0) is 19.0. The summed E-state index contributed by atoms with van der Waals surface area (Å²) >= 11 is 0. The van der Waals surface area contributed by atoms with Crippen molar-refractivity contribution in [2.75, 3.05) is 25.1 Å². The third-order valence-corrected chi connectivity index (χ3v) is 4.91. The molecule has 142 valence electrons. The normalized spacial score (nSPS) is 17.6. The summed E-state index contributed by atoms with van der Waals surface area (Å²) in [7, 11) is 3.51. The van der Waals surface area contributed by atoms with Crippen LogP contribution in [0.2, 0.25) is 0 Å². The fraction of sp³-hybridized carbons (Fsp3) is 0.500. The highest BCUT2D eigenvalue weighted by molar-refractivity contribution is 5.87. The quantitative estimate of drug-likeness (QED) is 0.739. The molecule has 1 saturated heterocycles.